The van der Waals surface area contributed by atoms with Crippen molar-refractivity contribution in [1.82, 2.24) is 4.90 Å². The number of hydrogen-bond donors (Lipinski definition) is 1. The fraction of sp³-hybridized carbons (Fsp3) is 0.300. The molecule has 0 unspecified atom stereocenters. The zero-order valence-electron chi connectivity index (χ0n) is 14.7. The maximum atomic E-state index is 12.5. The number of carbonyl (C=O) groups is 1. The molecule has 1 N–H and O–H groups in total. The first-order valence-corrected chi connectivity index (χ1v) is 9.00. The third kappa shape index (κ3) is 4.34. The molecule has 1 heterocycles. The third-order valence-electron chi connectivity index (χ3n) is 4.70. The Hall–Kier alpha value is -2.55. The number of benzene rings is 2. The summed E-state index contributed by atoms with van der Waals surface area (Å²) in [6.07, 6.45) is 0. The predicted octanol–water partition coefficient (Wildman–Crippen LogP) is 3.36. The van der Waals surface area contributed by atoms with E-state index in [4.69, 9.17) is 16.9 Å². The standard InChI is InChI=1S/C20H21ClN4O/c1-15(20(26)23-18-7-5-16(14-22)6-8-18)24-9-11-25(12-10-24)19-4-2-3-17(21)13-19/h2-8,13,15H,9-12H2,1H3,(H,23,26)/t15-/m1/s1. The number of halogens is 1. The molecular formula is C20H21ClN4O. The third-order valence-corrected chi connectivity index (χ3v) is 4.93. The van der Waals surface area contributed by atoms with Gasteiger partial charge in [0.15, 0.2) is 0 Å². The molecular weight excluding hydrogens is 348 g/mol. The molecule has 5 nitrogen and oxygen atoms in total. The van der Waals surface area contributed by atoms with Crippen molar-refractivity contribution in [3.63, 3.8) is 0 Å². The molecule has 0 bridgehead atoms. The summed E-state index contributed by atoms with van der Waals surface area (Å²) < 4.78 is 0. The van der Waals surface area contributed by atoms with E-state index in [0.29, 0.717) is 11.3 Å². The van der Waals surface area contributed by atoms with E-state index < -0.39 is 0 Å². The summed E-state index contributed by atoms with van der Waals surface area (Å²) >= 11 is 6.07. The van der Waals surface area contributed by atoms with E-state index in [0.717, 1.165) is 36.9 Å². The van der Waals surface area contributed by atoms with Crippen LogP contribution in [0, 0.1) is 11.3 Å². The normalized spacial score (nSPS) is 16.0. The highest BCUT2D eigenvalue weighted by Gasteiger charge is 2.25. The van der Waals surface area contributed by atoms with Crippen LogP contribution in [0.1, 0.15) is 12.5 Å². The van der Waals surface area contributed by atoms with Gasteiger partial charge in [-0.25, -0.2) is 0 Å². The van der Waals surface area contributed by atoms with Crippen molar-refractivity contribution in [2.45, 2.75) is 13.0 Å². The van der Waals surface area contributed by atoms with Gasteiger partial charge in [0.25, 0.3) is 0 Å². The Morgan fingerprint density at radius 1 is 1.15 bits per heavy atom. The van der Waals surface area contributed by atoms with Gasteiger partial charge in [-0.2, -0.15) is 5.26 Å². The second kappa shape index (κ2) is 8.22. The molecule has 1 aliphatic heterocycles. The molecule has 26 heavy (non-hydrogen) atoms. The molecule has 0 aromatic heterocycles. The summed E-state index contributed by atoms with van der Waals surface area (Å²) in [4.78, 5) is 17.0. The molecule has 3 rings (SSSR count). The minimum atomic E-state index is -0.216. The minimum absolute atomic E-state index is 0.0362. The van der Waals surface area contributed by atoms with E-state index in [2.05, 4.69) is 27.3 Å². The number of piperazine rings is 1. The molecule has 6 heteroatoms. The van der Waals surface area contributed by atoms with Gasteiger partial charge in [0.2, 0.25) is 5.91 Å². The van der Waals surface area contributed by atoms with Crippen molar-refractivity contribution in [2.24, 2.45) is 0 Å². The summed E-state index contributed by atoms with van der Waals surface area (Å²) in [5, 5.41) is 12.5. The second-order valence-electron chi connectivity index (χ2n) is 6.36. The Bertz CT molecular complexity index is 807. The lowest BCUT2D eigenvalue weighted by molar-refractivity contribution is -0.120. The maximum absolute atomic E-state index is 12.5. The van der Waals surface area contributed by atoms with E-state index in [1.54, 1.807) is 24.3 Å². The van der Waals surface area contributed by atoms with Gasteiger partial charge in [-0.3, -0.25) is 9.69 Å². The van der Waals surface area contributed by atoms with Gasteiger partial charge in [-0.15, -0.1) is 0 Å². The summed E-state index contributed by atoms with van der Waals surface area (Å²) in [5.74, 6) is -0.0362. The van der Waals surface area contributed by atoms with E-state index >= 15 is 0 Å². The molecule has 1 amide bonds. The molecule has 0 aliphatic carbocycles. The highest BCUT2D eigenvalue weighted by Crippen LogP contribution is 2.21. The molecule has 1 atom stereocenters. The quantitative estimate of drug-likeness (QED) is 0.898. The minimum Gasteiger partial charge on any atom is -0.369 e. The fourth-order valence-electron chi connectivity index (χ4n) is 3.08. The van der Waals surface area contributed by atoms with Crippen LogP contribution in [-0.4, -0.2) is 43.0 Å². The zero-order chi connectivity index (χ0) is 18.5. The molecule has 1 fully saturated rings. The van der Waals surface area contributed by atoms with Crippen LogP contribution in [0.25, 0.3) is 0 Å². The fourth-order valence-corrected chi connectivity index (χ4v) is 3.27. The number of nitriles is 1. The molecule has 2 aromatic rings. The number of rotatable bonds is 4. The number of carbonyl (C=O) groups excluding carboxylic acids is 1. The van der Waals surface area contributed by atoms with Crippen LogP contribution in [-0.2, 0) is 4.79 Å². The Morgan fingerprint density at radius 2 is 1.85 bits per heavy atom. The Morgan fingerprint density at radius 3 is 2.46 bits per heavy atom. The molecule has 0 radical (unpaired) electrons. The van der Waals surface area contributed by atoms with E-state index in [-0.39, 0.29) is 11.9 Å². The summed E-state index contributed by atoms with van der Waals surface area (Å²) in [7, 11) is 0. The molecule has 0 saturated carbocycles. The lowest BCUT2D eigenvalue weighted by Crippen LogP contribution is -2.52. The molecule has 2 aromatic carbocycles. The highest BCUT2D eigenvalue weighted by molar-refractivity contribution is 6.30. The van der Waals surface area contributed by atoms with Crippen molar-refractivity contribution in [3.05, 3.63) is 59.1 Å². The van der Waals surface area contributed by atoms with Crippen molar-refractivity contribution >= 4 is 28.9 Å². The first-order valence-electron chi connectivity index (χ1n) is 8.62. The Labute approximate surface area is 158 Å². The van der Waals surface area contributed by atoms with Crippen molar-refractivity contribution in [2.75, 3.05) is 36.4 Å². The van der Waals surface area contributed by atoms with Gasteiger partial charge >= 0.3 is 0 Å². The summed E-state index contributed by atoms with van der Waals surface area (Å²) in [6, 6.07) is 16.6. The summed E-state index contributed by atoms with van der Waals surface area (Å²) in [6.45, 7) is 5.26. The number of nitrogens with zero attached hydrogens (tertiary/aromatic N) is 3. The lowest BCUT2D eigenvalue weighted by atomic mass is 10.2. The lowest BCUT2D eigenvalue weighted by Gasteiger charge is -2.38. The monoisotopic (exact) mass is 368 g/mol. The van der Waals surface area contributed by atoms with Crippen molar-refractivity contribution in [1.29, 1.82) is 5.26 Å². The largest absolute Gasteiger partial charge is 0.369 e. The highest BCUT2D eigenvalue weighted by atomic mass is 35.5. The van der Waals surface area contributed by atoms with Gasteiger partial charge in [-0.05, 0) is 49.4 Å². The number of nitrogens with one attached hydrogen (secondary N) is 1. The number of anilines is 2. The van der Waals surface area contributed by atoms with Crippen LogP contribution in [0.3, 0.4) is 0 Å². The summed E-state index contributed by atoms with van der Waals surface area (Å²) in [5.41, 5.74) is 2.40. The average molecular weight is 369 g/mol. The van der Waals surface area contributed by atoms with Crippen LogP contribution in [0.2, 0.25) is 5.02 Å². The molecule has 1 aliphatic rings. The predicted molar refractivity (Wildman–Crippen MR) is 104 cm³/mol. The van der Waals surface area contributed by atoms with E-state index in [9.17, 15) is 4.79 Å². The van der Waals surface area contributed by atoms with Gasteiger partial charge in [-0.1, -0.05) is 17.7 Å². The van der Waals surface area contributed by atoms with Crippen LogP contribution in [0.4, 0.5) is 11.4 Å². The molecule has 0 spiro atoms. The van der Waals surface area contributed by atoms with Crippen molar-refractivity contribution in [3.8, 4) is 6.07 Å². The SMILES string of the molecule is C[C@H](C(=O)Nc1ccc(C#N)cc1)N1CCN(c2cccc(Cl)c2)CC1. The zero-order valence-corrected chi connectivity index (χ0v) is 15.4. The number of amides is 1. The topological polar surface area (TPSA) is 59.4 Å². The van der Waals surface area contributed by atoms with Gasteiger partial charge < -0.3 is 10.2 Å². The smallest absolute Gasteiger partial charge is 0.241 e. The molecule has 1 saturated heterocycles. The van der Waals surface area contributed by atoms with Crippen molar-refractivity contribution < 1.29 is 4.79 Å². The number of hydrogen-bond acceptors (Lipinski definition) is 4. The first-order chi connectivity index (χ1) is 12.6. The van der Waals surface area contributed by atoms with Crippen LogP contribution >= 0.6 is 11.6 Å². The van der Waals surface area contributed by atoms with Crippen LogP contribution in [0.15, 0.2) is 48.5 Å². The van der Waals surface area contributed by atoms with Gasteiger partial charge in [0.05, 0.1) is 17.7 Å². The Balaban J connectivity index is 1.54. The Kier molecular flexibility index (Phi) is 5.77. The second-order valence-corrected chi connectivity index (χ2v) is 6.79. The van der Waals surface area contributed by atoms with E-state index in [1.165, 1.54) is 0 Å². The van der Waals surface area contributed by atoms with Crippen LogP contribution in [0.5, 0.6) is 0 Å². The van der Waals surface area contributed by atoms with E-state index in [1.807, 2.05) is 25.1 Å². The van der Waals surface area contributed by atoms with Gasteiger partial charge in [0.1, 0.15) is 0 Å². The van der Waals surface area contributed by atoms with Crippen LogP contribution < -0.4 is 10.2 Å². The maximum Gasteiger partial charge on any atom is 0.241 e. The van der Waals surface area contributed by atoms with Gasteiger partial charge in [0, 0.05) is 42.6 Å². The molecule has 134 valence electrons. The first kappa shape index (κ1) is 18.2. The average Bonchev–Trinajstić information content (AvgIpc) is 2.68.